The number of sulfone groups is 1. The summed E-state index contributed by atoms with van der Waals surface area (Å²) in [6.07, 6.45) is 4.45. The van der Waals surface area contributed by atoms with Gasteiger partial charge in [-0.05, 0) is 17.5 Å². The van der Waals surface area contributed by atoms with E-state index in [-0.39, 0.29) is 22.3 Å². The standard InChI is InChI=1S/C24H21FN6O3S2/c25-19-15-27-24(26-8-10-31-11-9-28-30-31)29-22(19)20-14-16-4-3-6-18(23(16)35-20)17-5-1-2-7-21(17)36(33,34)13-12-32/h1-7,9,11,14-15,32H,8,10,12-13H2,(H,26,27,29). The predicted octanol–water partition coefficient (Wildman–Crippen LogP) is 3.63. The number of aromatic nitrogens is 5. The van der Waals surface area contributed by atoms with Gasteiger partial charge in [0.2, 0.25) is 5.95 Å². The largest absolute Gasteiger partial charge is 0.395 e. The molecule has 0 aliphatic carbocycles. The van der Waals surface area contributed by atoms with Crippen molar-refractivity contribution >= 4 is 37.2 Å². The van der Waals surface area contributed by atoms with Crippen LogP contribution in [0.3, 0.4) is 0 Å². The highest BCUT2D eigenvalue weighted by Gasteiger charge is 2.21. The Morgan fingerprint density at radius 3 is 2.75 bits per heavy atom. The highest BCUT2D eigenvalue weighted by Crippen LogP contribution is 2.41. The third-order valence-electron chi connectivity index (χ3n) is 5.49. The van der Waals surface area contributed by atoms with Crippen LogP contribution in [-0.4, -0.2) is 57.4 Å². The van der Waals surface area contributed by atoms with E-state index in [2.05, 4.69) is 25.6 Å². The summed E-state index contributed by atoms with van der Waals surface area (Å²) in [7, 11) is -3.69. The van der Waals surface area contributed by atoms with E-state index in [9.17, 15) is 17.9 Å². The molecule has 36 heavy (non-hydrogen) atoms. The maximum Gasteiger partial charge on any atom is 0.223 e. The number of rotatable bonds is 9. The number of benzene rings is 2. The maximum atomic E-state index is 14.8. The number of aliphatic hydroxyl groups excluding tert-OH is 1. The van der Waals surface area contributed by atoms with Gasteiger partial charge in [0.05, 0.1) is 41.1 Å². The van der Waals surface area contributed by atoms with Crippen molar-refractivity contribution in [2.24, 2.45) is 0 Å². The summed E-state index contributed by atoms with van der Waals surface area (Å²) in [5.74, 6) is -0.644. The third-order valence-corrected chi connectivity index (χ3v) is 8.43. The normalized spacial score (nSPS) is 11.7. The molecule has 5 aromatic rings. The number of hydrogen-bond acceptors (Lipinski definition) is 9. The van der Waals surface area contributed by atoms with Crippen LogP contribution in [-0.2, 0) is 16.4 Å². The Bertz CT molecular complexity index is 1620. The maximum absolute atomic E-state index is 14.8. The van der Waals surface area contributed by atoms with E-state index in [1.165, 1.54) is 17.4 Å². The molecule has 9 nitrogen and oxygen atoms in total. The van der Waals surface area contributed by atoms with Crippen molar-refractivity contribution in [2.45, 2.75) is 11.4 Å². The second kappa shape index (κ2) is 10.1. The molecule has 0 atom stereocenters. The Morgan fingerprint density at radius 1 is 1.11 bits per heavy atom. The molecule has 184 valence electrons. The smallest absolute Gasteiger partial charge is 0.223 e. The summed E-state index contributed by atoms with van der Waals surface area (Å²) in [6, 6.07) is 14.1. The van der Waals surface area contributed by atoms with Gasteiger partial charge in [-0.1, -0.05) is 41.6 Å². The zero-order valence-corrected chi connectivity index (χ0v) is 20.5. The molecule has 2 aromatic carbocycles. The average molecular weight is 525 g/mol. The molecule has 12 heteroatoms. The fraction of sp³-hybridized carbons (Fsp3) is 0.167. The van der Waals surface area contributed by atoms with Gasteiger partial charge in [0.1, 0.15) is 5.69 Å². The van der Waals surface area contributed by atoms with Crippen molar-refractivity contribution in [1.82, 2.24) is 25.0 Å². The lowest BCUT2D eigenvalue weighted by atomic mass is 10.0. The first-order valence-corrected chi connectivity index (χ1v) is 13.5. The topological polar surface area (TPSA) is 123 Å². The number of nitrogens with one attached hydrogen (secondary N) is 1. The predicted molar refractivity (Wildman–Crippen MR) is 136 cm³/mol. The van der Waals surface area contributed by atoms with Gasteiger partial charge in [-0.25, -0.2) is 22.8 Å². The molecule has 0 radical (unpaired) electrons. The fourth-order valence-electron chi connectivity index (χ4n) is 3.84. The Balaban J connectivity index is 1.51. The molecule has 0 unspecified atom stereocenters. The minimum atomic E-state index is -3.69. The summed E-state index contributed by atoms with van der Waals surface area (Å²) < 4.78 is 42.8. The molecule has 3 heterocycles. The van der Waals surface area contributed by atoms with Gasteiger partial charge in [-0.3, -0.25) is 4.68 Å². The van der Waals surface area contributed by atoms with E-state index in [0.717, 1.165) is 16.3 Å². The van der Waals surface area contributed by atoms with Crippen LogP contribution in [0.1, 0.15) is 0 Å². The number of aliphatic hydroxyl groups is 1. The fourth-order valence-corrected chi connectivity index (χ4v) is 6.28. The van der Waals surface area contributed by atoms with E-state index < -0.39 is 22.3 Å². The summed E-state index contributed by atoms with van der Waals surface area (Å²) in [6.45, 7) is 0.553. The number of thiophene rings is 1. The molecule has 3 aromatic heterocycles. The molecule has 0 saturated heterocycles. The molecule has 0 fully saturated rings. The highest BCUT2D eigenvalue weighted by atomic mass is 32.2. The van der Waals surface area contributed by atoms with Crippen LogP contribution in [0.2, 0.25) is 0 Å². The molecular weight excluding hydrogens is 503 g/mol. The van der Waals surface area contributed by atoms with Gasteiger partial charge < -0.3 is 10.4 Å². The Hall–Kier alpha value is -3.74. The molecule has 2 N–H and O–H groups in total. The minimum absolute atomic E-state index is 0.147. The molecule has 0 saturated carbocycles. The van der Waals surface area contributed by atoms with Gasteiger partial charge in [-0.2, -0.15) is 0 Å². The lowest BCUT2D eigenvalue weighted by Crippen LogP contribution is -2.13. The summed E-state index contributed by atoms with van der Waals surface area (Å²) in [5, 5.41) is 20.8. The van der Waals surface area contributed by atoms with Crippen LogP contribution in [0, 0.1) is 5.82 Å². The number of hydrogen-bond donors (Lipinski definition) is 2. The van der Waals surface area contributed by atoms with Crippen molar-refractivity contribution in [3.05, 3.63) is 72.9 Å². The summed E-state index contributed by atoms with van der Waals surface area (Å²) >= 11 is 1.32. The van der Waals surface area contributed by atoms with E-state index in [1.54, 1.807) is 35.3 Å². The number of fused-ring (bicyclic) bond motifs is 1. The minimum Gasteiger partial charge on any atom is -0.395 e. The van der Waals surface area contributed by atoms with Gasteiger partial charge in [0.25, 0.3) is 0 Å². The van der Waals surface area contributed by atoms with Gasteiger partial charge in [0.15, 0.2) is 15.7 Å². The van der Waals surface area contributed by atoms with E-state index in [0.29, 0.717) is 29.1 Å². The Morgan fingerprint density at radius 2 is 1.94 bits per heavy atom. The first-order chi connectivity index (χ1) is 17.5. The van der Waals surface area contributed by atoms with Crippen LogP contribution in [0.15, 0.2) is 72.0 Å². The second-order valence-electron chi connectivity index (χ2n) is 7.86. The highest BCUT2D eigenvalue weighted by molar-refractivity contribution is 7.91. The third kappa shape index (κ3) is 4.83. The SMILES string of the molecule is O=S(=O)(CCO)c1ccccc1-c1cccc2cc(-c3nc(NCCn4ccnn4)ncc3F)sc12. The van der Waals surface area contributed by atoms with Crippen LogP contribution in [0.25, 0.3) is 31.8 Å². The van der Waals surface area contributed by atoms with Crippen LogP contribution in [0.5, 0.6) is 0 Å². The first-order valence-electron chi connectivity index (χ1n) is 11.0. The zero-order chi connectivity index (χ0) is 25.1. The van der Waals surface area contributed by atoms with Crippen molar-refractivity contribution in [2.75, 3.05) is 24.2 Å². The van der Waals surface area contributed by atoms with E-state index in [4.69, 9.17) is 0 Å². The molecular formula is C24H21FN6O3S2. The van der Waals surface area contributed by atoms with Crippen molar-refractivity contribution in [1.29, 1.82) is 0 Å². The van der Waals surface area contributed by atoms with Crippen molar-refractivity contribution in [3.63, 3.8) is 0 Å². The van der Waals surface area contributed by atoms with Gasteiger partial charge >= 0.3 is 0 Å². The lowest BCUT2D eigenvalue weighted by molar-refractivity contribution is 0.319. The molecule has 5 rings (SSSR count). The van der Waals surface area contributed by atoms with Crippen LogP contribution < -0.4 is 5.32 Å². The molecule has 0 amide bonds. The van der Waals surface area contributed by atoms with Gasteiger partial charge in [-0.15, -0.1) is 16.4 Å². The lowest BCUT2D eigenvalue weighted by Gasteiger charge is -2.11. The zero-order valence-electron chi connectivity index (χ0n) is 18.9. The number of anilines is 1. The van der Waals surface area contributed by atoms with Crippen molar-refractivity contribution in [3.8, 4) is 21.7 Å². The first kappa shape index (κ1) is 24.0. The average Bonchev–Trinajstić information content (AvgIpc) is 3.55. The number of nitrogens with zero attached hydrogens (tertiary/aromatic N) is 5. The molecule has 0 aliphatic heterocycles. The summed E-state index contributed by atoms with van der Waals surface area (Å²) in [4.78, 5) is 9.15. The van der Waals surface area contributed by atoms with Crippen LogP contribution >= 0.6 is 11.3 Å². The van der Waals surface area contributed by atoms with Crippen LogP contribution in [0.4, 0.5) is 10.3 Å². The van der Waals surface area contributed by atoms with E-state index in [1.807, 2.05) is 24.3 Å². The van der Waals surface area contributed by atoms with Crippen molar-refractivity contribution < 1.29 is 17.9 Å². The molecule has 0 spiro atoms. The summed E-state index contributed by atoms with van der Waals surface area (Å²) in [5.41, 5.74) is 1.40. The Kier molecular flexibility index (Phi) is 6.72. The second-order valence-corrected chi connectivity index (χ2v) is 11.0. The van der Waals surface area contributed by atoms with E-state index >= 15 is 0 Å². The Labute approximate surface area is 210 Å². The quantitative estimate of drug-likeness (QED) is 0.300. The molecule has 0 aliphatic rings. The molecule has 0 bridgehead atoms. The van der Waals surface area contributed by atoms with Gasteiger partial charge in [0, 0.05) is 28.6 Å². The number of halogens is 1. The monoisotopic (exact) mass is 524 g/mol.